The molecule has 0 fully saturated rings. The lowest BCUT2D eigenvalue weighted by atomic mass is 9.72. The largest absolute Gasteiger partial charge is 0.490 e. The number of ether oxygens (including phenoxy) is 2. The van der Waals surface area contributed by atoms with E-state index in [1.165, 1.54) is 6.07 Å². The predicted octanol–water partition coefficient (Wildman–Crippen LogP) is 5.87. The molecule has 0 spiro atoms. The zero-order valence-electron chi connectivity index (χ0n) is 19.8. The van der Waals surface area contributed by atoms with Crippen LogP contribution in [0.3, 0.4) is 0 Å². The summed E-state index contributed by atoms with van der Waals surface area (Å²) in [7, 11) is 0. The molecule has 184 valence electrons. The van der Waals surface area contributed by atoms with Crippen molar-refractivity contribution in [3.8, 4) is 5.75 Å². The van der Waals surface area contributed by atoms with E-state index in [1.54, 1.807) is 36.5 Å². The van der Waals surface area contributed by atoms with Gasteiger partial charge in [0, 0.05) is 39.7 Å². The average Bonchev–Trinajstić information content (AvgIpc) is 3.42. The highest BCUT2D eigenvalue weighted by molar-refractivity contribution is 7.10. The second-order valence-corrected chi connectivity index (χ2v) is 9.83. The van der Waals surface area contributed by atoms with Crippen LogP contribution in [0.25, 0.3) is 0 Å². The Bertz CT molecular complexity index is 1330. The number of hydrogen-bond acceptors (Lipinski definition) is 6. The maximum Gasteiger partial charge on any atom is 0.336 e. The summed E-state index contributed by atoms with van der Waals surface area (Å²) < 4.78 is 26.2. The van der Waals surface area contributed by atoms with Gasteiger partial charge in [-0.1, -0.05) is 42.5 Å². The Hall–Kier alpha value is -3.71. The number of hydrogen-bond donors (Lipinski definition) is 1. The van der Waals surface area contributed by atoms with E-state index in [0.717, 1.165) is 10.6 Å². The molecule has 1 aliphatic heterocycles. The van der Waals surface area contributed by atoms with Crippen LogP contribution in [0.4, 0.5) is 4.39 Å². The molecule has 2 aliphatic rings. The number of carbonyl (C=O) groups is 2. The Morgan fingerprint density at radius 1 is 1.03 bits per heavy atom. The van der Waals surface area contributed by atoms with Crippen molar-refractivity contribution in [1.29, 1.82) is 0 Å². The van der Waals surface area contributed by atoms with E-state index in [9.17, 15) is 9.59 Å². The van der Waals surface area contributed by atoms with Gasteiger partial charge in [0.2, 0.25) is 0 Å². The third kappa shape index (κ3) is 4.84. The molecule has 2 aromatic carbocycles. The molecule has 0 amide bonds. The van der Waals surface area contributed by atoms with Gasteiger partial charge in [0.1, 0.15) is 24.8 Å². The molecule has 1 N–H and O–H groups in total. The molecule has 3 aromatic rings. The third-order valence-electron chi connectivity index (χ3n) is 6.54. The fourth-order valence-corrected chi connectivity index (χ4v) is 5.77. The summed E-state index contributed by atoms with van der Waals surface area (Å²) in [6.07, 6.45) is 0.940. The molecule has 2 heterocycles. The Balaban J connectivity index is 1.42. The summed E-state index contributed by atoms with van der Waals surface area (Å²) in [6, 6.07) is 19.6. The van der Waals surface area contributed by atoms with Crippen LogP contribution >= 0.6 is 11.3 Å². The number of Topliss-reactive ketones (excluding diaryl/α,β-unsaturated/α-hetero) is 1. The van der Waals surface area contributed by atoms with E-state index in [-0.39, 0.29) is 30.5 Å². The Morgan fingerprint density at radius 3 is 2.56 bits per heavy atom. The van der Waals surface area contributed by atoms with Gasteiger partial charge in [0.05, 0.1) is 11.5 Å². The number of halogens is 1. The lowest BCUT2D eigenvalue weighted by molar-refractivity contribution is -0.140. The van der Waals surface area contributed by atoms with E-state index in [4.69, 9.17) is 9.47 Å². The molecule has 5 nitrogen and oxygen atoms in total. The molecule has 0 saturated carbocycles. The smallest absolute Gasteiger partial charge is 0.336 e. The zero-order valence-corrected chi connectivity index (χ0v) is 20.6. The first-order valence-electron chi connectivity index (χ1n) is 11.9. The highest BCUT2D eigenvalue weighted by Gasteiger charge is 2.42. The van der Waals surface area contributed by atoms with Crippen molar-refractivity contribution in [3.05, 3.63) is 111 Å². The first-order valence-corrected chi connectivity index (χ1v) is 12.8. The number of dihydropyridines is 1. The fraction of sp³-hybridized carbons (Fsp3) is 0.241. The van der Waals surface area contributed by atoms with Crippen LogP contribution in [0.1, 0.15) is 42.0 Å². The number of thiophene rings is 1. The Kier molecular flexibility index (Phi) is 7.00. The monoisotopic (exact) mass is 503 g/mol. The fourth-order valence-electron chi connectivity index (χ4n) is 4.94. The van der Waals surface area contributed by atoms with Crippen molar-refractivity contribution in [2.24, 2.45) is 0 Å². The highest BCUT2D eigenvalue weighted by atomic mass is 32.1. The van der Waals surface area contributed by atoms with Crippen LogP contribution in [0.2, 0.25) is 0 Å². The minimum Gasteiger partial charge on any atom is -0.490 e. The minimum atomic E-state index is -0.832. The van der Waals surface area contributed by atoms with Crippen LogP contribution in [0, 0.1) is 5.82 Å². The molecule has 1 aromatic heterocycles. The molecule has 2 atom stereocenters. The number of para-hydroxylation sites is 1. The summed E-state index contributed by atoms with van der Waals surface area (Å²) in [5.41, 5.74) is 2.31. The maximum absolute atomic E-state index is 15.1. The summed E-state index contributed by atoms with van der Waals surface area (Å²) in [5, 5.41) is 5.30. The molecule has 1 aliphatic carbocycles. The number of allylic oxidation sites excluding steroid dienone is 3. The van der Waals surface area contributed by atoms with Gasteiger partial charge in [-0.25, -0.2) is 9.18 Å². The van der Waals surface area contributed by atoms with Crippen molar-refractivity contribution < 1.29 is 23.5 Å². The average molecular weight is 504 g/mol. The van der Waals surface area contributed by atoms with Gasteiger partial charge in [-0.3, -0.25) is 4.79 Å². The number of rotatable bonds is 7. The molecule has 36 heavy (non-hydrogen) atoms. The second-order valence-electron chi connectivity index (χ2n) is 8.85. The van der Waals surface area contributed by atoms with Crippen molar-refractivity contribution in [1.82, 2.24) is 5.32 Å². The van der Waals surface area contributed by atoms with Crippen LogP contribution in [-0.4, -0.2) is 25.0 Å². The van der Waals surface area contributed by atoms with Gasteiger partial charge in [0.15, 0.2) is 5.78 Å². The van der Waals surface area contributed by atoms with Crippen LogP contribution in [0.15, 0.2) is 94.7 Å². The first-order chi connectivity index (χ1) is 17.5. The molecule has 5 rings (SSSR count). The Morgan fingerprint density at radius 2 is 1.81 bits per heavy atom. The van der Waals surface area contributed by atoms with Gasteiger partial charge >= 0.3 is 5.97 Å². The normalized spacial score (nSPS) is 19.6. The van der Waals surface area contributed by atoms with E-state index in [0.29, 0.717) is 35.4 Å². The molecule has 0 saturated heterocycles. The van der Waals surface area contributed by atoms with E-state index in [2.05, 4.69) is 5.32 Å². The number of carbonyl (C=O) groups excluding carboxylic acids is 2. The second kappa shape index (κ2) is 10.5. The van der Waals surface area contributed by atoms with Crippen LogP contribution < -0.4 is 10.1 Å². The van der Waals surface area contributed by atoms with Gasteiger partial charge in [-0.15, -0.1) is 11.3 Å². The Labute approximate surface area is 213 Å². The number of benzene rings is 2. The van der Waals surface area contributed by atoms with Crippen molar-refractivity contribution in [2.45, 2.75) is 31.6 Å². The van der Waals surface area contributed by atoms with Gasteiger partial charge in [-0.2, -0.15) is 0 Å². The predicted molar refractivity (Wildman–Crippen MR) is 136 cm³/mol. The summed E-state index contributed by atoms with van der Waals surface area (Å²) in [6.45, 7) is 1.97. The van der Waals surface area contributed by atoms with E-state index < -0.39 is 17.7 Å². The van der Waals surface area contributed by atoms with E-state index >= 15 is 4.39 Å². The zero-order chi connectivity index (χ0) is 25.1. The molecule has 7 heteroatoms. The number of ketones is 1. The van der Waals surface area contributed by atoms with Crippen molar-refractivity contribution in [2.75, 3.05) is 13.2 Å². The maximum atomic E-state index is 15.1. The first kappa shape index (κ1) is 24.0. The number of esters is 1. The van der Waals surface area contributed by atoms with Gasteiger partial charge < -0.3 is 14.8 Å². The quantitative estimate of drug-likeness (QED) is 0.323. The number of nitrogens with one attached hydrogen (secondary N) is 1. The molecular weight excluding hydrogens is 477 g/mol. The van der Waals surface area contributed by atoms with Gasteiger partial charge in [-0.05, 0) is 43.0 Å². The lowest BCUT2D eigenvalue weighted by Crippen LogP contribution is -2.36. The summed E-state index contributed by atoms with van der Waals surface area (Å²) >= 11 is 1.63. The molecule has 0 bridgehead atoms. The minimum absolute atomic E-state index is 0.0226. The summed E-state index contributed by atoms with van der Waals surface area (Å²) in [5.74, 6) is -1.24. The molecule has 0 radical (unpaired) electrons. The highest BCUT2D eigenvalue weighted by Crippen LogP contribution is 2.46. The SMILES string of the molecule is CC1=C(C(=O)OCCOc2ccccc2)C(c2ccccc2F)C2=C(CC(c3cccs3)CC2=O)N1. The van der Waals surface area contributed by atoms with Crippen molar-refractivity contribution in [3.63, 3.8) is 0 Å². The topological polar surface area (TPSA) is 64.6 Å². The molecular formula is C29H26FNO4S. The van der Waals surface area contributed by atoms with E-state index in [1.807, 2.05) is 47.8 Å². The molecule has 2 unspecified atom stereocenters. The lowest BCUT2D eigenvalue weighted by Gasteiger charge is -2.36. The van der Waals surface area contributed by atoms with Crippen LogP contribution in [0.5, 0.6) is 5.75 Å². The third-order valence-corrected chi connectivity index (χ3v) is 7.57. The summed E-state index contributed by atoms with van der Waals surface area (Å²) in [4.78, 5) is 28.0. The van der Waals surface area contributed by atoms with Gasteiger partial charge in [0.25, 0.3) is 0 Å². The standard InChI is InChI=1S/C29H26FNO4S/c1-18-26(29(33)35-14-13-34-20-8-3-2-4-9-20)27(21-10-5-6-11-22(21)30)28-23(31-18)16-19(17-24(28)32)25-12-7-15-36-25/h2-12,15,19,27,31H,13-14,16-17H2,1H3. The van der Waals surface area contributed by atoms with Crippen molar-refractivity contribution >= 4 is 23.1 Å². The van der Waals surface area contributed by atoms with Crippen LogP contribution in [-0.2, 0) is 14.3 Å².